The van der Waals surface area contributed by atoms with Crippen molar-refractivity contribution in [3.8, 4) is 0 Å². The van der Waals surface area contributed by atoms with Crippen LogP contribution in [0, 0.1) is 0 Å². The first-order chi connectivity index (χ1) is 7.75. The van der Waals surface area contributed by atoms with E-state index >= 15 is 0 Å². The Morgan fingerprint density at radius 1 is 1.38 bits per heavy atom. The van der Waals surface area contributed by atoms with Crippen LogP contribution in [0.25, 0.3) is 0 Å². The van der Waals surface area contributed by atoms with E-state index in [9.17, 15) is 0 Å². The summed E-state index contributed by atoms with van der Waals surface area (Å²) < 4.78 is 1.04. The number of aromatic nitrogens is 2. The molecule has 1 aromatic carbocycles. The molecule has 3 nitrogen and oxygen atoms in total. The van der Waals surface area contributed by atoms with Crippen LogP contribution in [0.4, 0.5) is 0 Å². The number of hydrogen-bond donors (Lipinski definition) is 2. The molecule has 0 aliphatic heterocycles. The summed E-state index contributed by atoms with van der Waals surface area (Å²) >= 11 is 9.50. The van der Waals surface area contributed by atoms with Gasteiger partial charge in [-0.1, -0.05) is 27.5 Å². The van der Waals surface area contributed by atoms with Gasteiger partial charge in [0.15, 0.2) is 0 Å². The lowest BCUT2D eigenvalue weighted by Gasteiger charge is -2.06. The number of benzene rings is 1. The van der Waals surface area contributed by atoms with E-state index in [0.717, 1.165) is 33.7 Å². The average molecular weight is 301 g/mol. The van der Waals surface area contributed by atoms with Crippen LogP contribution >= 0.6 is 27.5 Å². The van der Waals surface area contributed by atoms with Crippen molar-refractivity contribution in [2.75, 3.05) is 0 Å². The molecule has 0 fully saturated rings. The van der Waals surface area contributed by atoms with Crippen LogP contribution in [0.1, 0.15) is 11.1 Å². The highest BCUT2D eigenvalue weighted by atomic mass is 79.9. The first-order valence-corrected chi connectivity index (χ1v) is 6.05. The lowest BCUT2D eigenvalue weighted by Crippen LogP contribution is -2.12. The maximum Gasteiger partial charge on any atom is 0.0532 e. The third kappa shape index (κ3) is 3.07. The number of halogens is 2. The lowest BCUT2D eigenvalue weighted by molar-refractivity contribution is 0.693. The summed E-state index contributed by atoms with van der Waals surface area (Å²) in [6.07, 6.45) is 3.67. The fourth-order valence-corrected chi connectivity index (χ4v) is 1.99. The third-order valence-corrected chi connectivity index (χ3v) is 3.07. The van der Waals surface area contributed by atoms with E-state index in [0.29, 0.717) is 0 Å². The molecule has 1 aromatic heterocycles. The van der Waals surface area contributed by atoms with Gasteiger partial charge >= 0.3 is 0 Å². The second-order valence-corrected chi connectivity index (χ2v) is 4.77. The predicted molar refractivity (Wildman–Crippen MR) is 68.3 cm³/mol. The zero-order valence-corrected chi connectivity index (χ0v) is 10.8. The van der Waals surface area contributed by atoms with E-state index in [-0.39, 0.29) is 0 Å². The fraction of sp³-hybridized carbons (Fsp3) is 0.182. The van der Waals surface area contributed by atoms with Gasteiger partial charge in [-0.15, -0.1) is 0 Å². The first-order valence-electron chi connectivity index (χ1n) is 4.88. The second kappa shape index (κ2) is 5.48. The van der Waals surface area contributed by atoms with Gasteiger partial charge in [0.1, 0.15) is 0 Å². The van der Waals surface area contributed by atoms with Crippen LogP contribution < -0.4 is 5.32 Å². The monoisotopic (exact) mass is 299 g/mol. The minimum Gasteiger partial charge on any atom is -0.308 e. The quantitative estimate of drug-likeness (QED) is 0.911. The maximum absolute atomic E-state index is 6.08. The average Bonchev–Trinajstić information content (AvgIpc) is 2.76. The Morgan fingerprint density at radius 2 is 2.25 bits per heavy atom. The van der Waals surface area contributed by atoms with E-state index in [1.807, 2.05) is 24.4 Å². The summed E-state index contributed by atoms with van der Waals surface area (Å²) in [5, 5.41) is 10.7. The molecule has 0 radical (unpaired) electrons. The number of nitrogens with zero attached hydrogens (tertiary/aromatic N) is 1. The zero-order chi connectivity index (χ0) is 11.4. The minimum absolute atomic E-state index is 0.740. The van der Waals surface area contributed by atoms with Crippen molar-refractivity contribution in [2.24, 2.45) is 0 Å². The Balaban J connectivity index is 1.92. The zero-order valence-electron chi connectivity index (χ0n) is 8.50. The summed E-state index contributed by atoms with van der Waals surface area (Å²) in [6.45, 7) is 1.52. The molecule has 0 atom stereocenters. The van der Waals surface area contributed by atoms with Crippen LogP contribution in [-0.2, 0) is 13.1 Å². The highest BCUT2D eigenvalue weighted by Crippen LogP contribution is 2.20. The van der Waals surface area contributed by atoms with E-state index in [4.69, 9.17) is 11.6 Å². The van der Waals surface area contributed by atoms with Gasteiger partial charge in [0, 0.05) is 34.3 Å². The molecule has 5 heteroatoms. The molecule has 2 aromatic rings. The predicted octanol–water partition coefficient (Wildman–Crippen LogP) is 3.12. The van der Waals surface area contributed by atoms with Crippen molar-refractivity contribution in [1.29, 1.82) is 0 Å². The van der Waals surface area contributed by atoms with Crippen molar-refractivity contribution < 1.29 is 0 Å². The minimum atomic E-state index is 0.740. The second-order valence-electron chi connectivity index (χ2n) is 3.45. The Morgan fingerprint density at radius 3 is 3.00 bits per heavy atom. The molecular formula is C11H11BrClN3. The normalized spacial score (nSPS) is 10.6. The van der Waals surface area contributed by atoms with E-state index < -0.39 is 0 Å². The van der Waals surface area contributed by atoms with Crippen LogP contribution in [0.2, 0.25) is 5.02 Å². The van der Waals surface area contributed by atoms with Crippen LogP contribution in [0.15, 0.2) is 35.1 Å². The molecular weight excluding hydrogens is 289 g/mol. The topological polar surface area (TPSA) is 40.7 Å². The van der Waals surface area contributed by atoms with Crippen LogP contribution in [-0.4, -0.2) is 10.2 Å². The molecule has 0 aliphatic rings. The molecule has 0 unspecified atom stereocenters. The summed E-state index contributed by atoms with van der Waals surface area (Å²) in [5.41, 5.74) is 2.21. The molecule has 84 valence electrons. The molecule has 0 bridgehead atoms. The molecule has 0 aliphatic carbocycles. The number of rotatable bonds is 4. The van der Waals surface area contributed by atoms with Crippen molar-refractivity contribution in [3.05, 3.63) is 51.2 Å². The fourth-order valence-electron chi connectivity index (χ4n) is 1.39. The molecule has 2 N–H and O–H groups in total. The number of nitrogens with one attached hydrogen (secondary N) is 2. The van der Waals surface area contributed by atoms with Crippen molar-refractivity contribution in [1.82, 2.24) is 15.5 Å². The molecule has 0 saturated heterocycles. The largest absolute Gasteiger partial charge is 0.308 e. The maximum atomic E-state index is 6.08. The molecule has 0 saturated carbocycles. The summed E-state index contributed by atoms with van der Waals surface area (Å²) in [6, 6.07) is 5.84. The van der Waals surface area contributed by atoms with Crippen LogP contribution in [0.5, 0.6) is 0 Å². The SMILES string of the molecule is Clc1ccc(Br)cc1CNCc1cn[nH]c1. The van der Waals surface area contributed by atoms with Crippen molar-refractivity contribution >= 4 is 27.5 Å². The van der Waals surface area contributed by atoms with Crippen molar-refractivity contribution in [2.45, 2.75) is 13.1 Å². The first kappa shape index (κ1) is 11.6. The number of aromatic amines is 1. The van der Waals surface area contributed by atoms with E-state index in [1.54, 1.807) is 6.20 Å². The molecule has 0 amide bonds. The van der Waals surface area contributed by atoms with Crippen LogP contribution in [0.3, 0.4) is 0 Å². The summed E-state index contributed by atoms with van der Waals surface area (Å²) in [5.74, 6) is 0. The highest BCUT2D eigenvalue weighted by molar-refractivity contribution is 9.10. The summed E-state index contributed by atoms with van der Waals surface area (Å²) in [7, 11) is 0. The van der Waals surface area contributed by atoms with Gasteiger partial charge in [0.25, 0.3) is 0 Å². The van der Waals surface area contributed by atoms with Gasteiger partial charge in [-0.25, -0.2) is 0 Å². The van der Waals surface area contributed by atoms with Gasteiger partial charge in [-0.3, -0.25) is 5.10 Å². The molecule has 16 heavy (non-hydrogen) atoms. The lowest BCUT2D eigenvalue weighted by atomic mass is 10.2. The van der Waals surface area contributed by atoms with E-state index in [2.05, 4.69) is 31.4 Å². The standard InChI is InChI=1S/C11H11BrClN3/c12-10-1-2-11(13)9(3-10)7-14-4-8-5-15-16-6-8/h1-3,5-6,14H,4,7H2,(H,15,16). The van der Waals surface area contributed by atoms with E-state index in [1.165, 1.54) is 0 Å². The summed E-state index contributed by atoms with van der Waals surface area (Å²) in [4.78, 5) is 0. The number of hydrogen-bond acceptors (Lipinski definition) is 2. The molecule has 1 heterocycles. The van der Waals surface area contributed by atoms with Gasteiger partial charge in [-0.2, -0.15) is 5.10 Å². The molecule has 2 rings (SSSR count). The van der Waals surface area contributed by atoms with Gasteiger partial charge in [0.2, 0.25) is 0 Å². The van der Waals surface area contributed by atoms with Gasteiger partial charge in [-0.05, 0) is 23.8 Å². The highest BCUT2D eigenvalue weighted by Gasteiger charge is 2.01. The Kier molecular flexibility index (Phi) is 3.98. The van der Waals surface area contributed by atoms with Gasteiger partial charge < -0.3 is 5.32 Å². The van der Waals surface area contributed by atoms with Crippen molar-refractivity contribution in [3.63, 3.8) is 0 Å². The third-order valence-electron chi connectivity index (χ3n) is 2.21. The smallest absolute Gasteiger partial charge is 0.0532 e. The Hall–Kier alpha value is -0.840. The van der Waals surface area contributed by atoms with Gasteiger partial charge in [0.05, 0.1) is 6.20 Å². The Bertz CT molecular complexity index is 456. The molecule has 0 spiro atoms. The number of H-pyrrole nitrogens is 1. The Labute approximate surface area is 107 Å².